The summed E-state index contributed by atoms with van der Waals surface area (Å²) >= 11 is 8.18. The highest BCUT2D eigenvalue weighted by atomic mass is 35.5. The Balaban J connectivity index is 1.14. The van der Waals surface area contributed by atoms with E-state index in [4.69, 9.17) is 21.6 Å². The van der Waals surface area contributed by atoms with E-state index in [9.17, 15) is 9.59 Å². The maximum atomic E-state index is 13.6. The van der Waals surface area contributed by atoms with Crippen molar-refractivity contribution in [2.45, 2.75) is 73.1 Å². The number of rotatable bonds is 5. The lowest BCUT2D eigenvalue weighted by Crippen LogP contribution is -2.57. The fourth-order valence-corrected chi connectivity index (χ4v) is 8.55. The molecule has 5 aliphatic rings. The number of thioether (sulfide) groups is 1. The molecule has 5 N–H and O–H groups in total. The number of ether oxygens (including phenoxy) is 1. The molecule has 37 heavy (non-hydrogen) atoms. The van der Waals surface area contributed by atoms with Crippen molar-refractivity contribution in [3.63, 3.8) is 0 Å². The topological polar surface area (TPSA) is 131 Å². The third kappa shape index (κ3) is 6.06. The number of likely N-dealkylation sites (tertiary alicyclic amines) is 1. The highest BCUT2D eigenvalue weighted by Gasteiger charge is 2.47. The van der Waals surface area contributed by atoms with Crippen LogP contribution in [0.3, 0.4) is 0 Å². The Labute approximate surface area is 228 Å². The predicted octanol–water partition coefficient (Wildman–Crippen LogP) is -0.00262. The van der Waals surface area contributed by atoms with Crippen molar-refractivity contribution in [1.29, 1.82) is 5.26 Å². The van der Waals surface area contributed by atoms with Gasteiger partial charge in [-0.05, 0) is 44.4 Å². The van der Waals surface area contributed by atoms with Crippen LogP contribution in [0.15, 0.2) is 0 Å². The molecule has 12 heteroatoms. The van der Waals surface area contributed by atoms with Crippen LogP contribution in [-0.4, -0.2) is 97.0 Å². The Morgan fingerprint density at radius 1 is 1.11 bits per heavy atom. The van der Waals surface area contributed by atoms with Gasteiger partial charge in [-0.2, -0.15) is 5.26 Å². The third-order valence-electron chi connectivity index (χ3n) is 8.94. The molecule has 0 radical (unpaired) electrons. The fraction of sp³-hybridized carbons (Fsp3) is 0.880. The summed E-state index contributed by atoms with van der Waals surface area (Å²) in [6.07, 6.45) is 3.24. The normalized spacial score (nSPS) is 44.2. The minimum atomic E-state index is -0.194. The Bertz CT molecular complexity index is 871. The zero-order chi connectivity index (χ0) is 26.1. The number of alkyl halides is 1. The van der Waals surface area contributed by atoms with Gasteiger partial charge in [-0.1, -0.05) is 0 Å². The van der Waals surface area contributed by atoms with E-state index in [1.165, 1.54) is 0 Å². The maximum absolute atomic E-state index is 13.6. The van der Waals surface area contributed by atoms with Crippen molar-refractivity contribution >= 4 is 35.2 Å². The molecule has 2 amide bonds. The molecule has 0 bridgehead atoms. The first kappa shape index (κ1) is 27.4. The lowest BCUT2D eigenvalue weighted by molar-refractivity contribution is -0.133. The molecule has 0 aromatic rings. The number of nitrogens with one attached hydrogen (secondary N) is 5. The lowest BCUT2D eigenvalue weighted by Gasteiger charge is -2.45. The first-order valence-corrected chi connectivity index (χ1v) is 15.0. The summed E-state index contributed by atoms with van der Waals surface area (Å²) in [6, 6.07) is 2.60. The van der Waals surface area contributed by atoms with Crippen molar-refractivity contribution in [2.24, 2.45) is 23.7 Å². The number of nitriles is 1. The van der Waals surface area contributed by atoms with Crippen LogP contribution in [0.4, 0.5) is 0 Å². The van der Waals surface area contributed by atoms with E-state index in [2.05, 4.69) is 39.6 Å². The first-order chi connectivity index (χ1) is 17.9. The molecule has 0 aromatic carbocycles. The van der Waals surface area contributed by atoms with E-state index in [-0.39, 0.29) is 69.9 Å². The van der Waals surface area contributed by atoms with Crippen LogP contribution in [0, 0.1) is 35.0 Å². The minimum absolute atomic E-state index is 0.00250. The minimum Gasteiger partial charge on any atom is -0.380 e. The van der Waals surface area contributed by atoms with E-state index in [1.807, 2.05) is 4.90 Å². The summed E-state index contributed by atoms with van der Waals surface area (Å²) in [4.78, 5) is 28.5. The summed E-state index contributed by atoms with van der Waals surface area (Å²) in [5.41, 5.74) is -0.255. The molecule has 5 fully saturated rings. The van der Waals surface area contributed by atoms with Crippen LogP contribution < -0.4 is 26.6 Å². The summed E-state index contributed by atoms with van der Waals surface area (Å²) in [5, 5.41) is 26.2. The number of halogens is 1. The van der Waals surface area contributed by atoms with Crippen LogP contribution in [0.5, 0.6) is 0 Å². The zero-order valence-electron chi connectivity index (χ0n) is 21.6. The van der Waals surface area contributed by atoms with Gasteiger partial charge >= 0.3 is 0 Å². The fourth-order valence-electron chi connectivity index (χ4n) is 6.84. The second-order valence-corrected chi connectivity index (χ2v) is 13.2. The highest BCUT2D eigenvalue weighted by Crippen LogP contribution is 2.38. The number of nitrogens with zero attached hydrogens (tertiary/aromatic N) is 2. The van der Waals surface area contributed by atoms with Gasteiger partial charge in [0.2, 0.25) is 11.8 Å². The molecule has 5 aliphatic heterocycles. The Morgan fingerprint density at radius 2 is 1.95 bits per heavy atom. The Morgan fingerprint density at radius 3 is 2.65 bits per heavy atom. The Kier molecular flexibility index (Phi) is 8.86. The average Bonchev–Trinajstić information content (AvgIpc) is 3.47. The Hall–Kier alpha value is -1.13. The second-order valence-electron chi connectivity index (χ2n) is 11.3. The molecule has 0 aromatic heterocycles. The zero-order valence-corrected chi connectivity index (χ0v) is 23.2. The van der Waals surface area contributed by atoms with Crippen LogP contribution in [0.2, 0.25) is 0 Å². The number of carbonyl (C=O) groups is 2. The molecule has 206 valence electrons. The molecule has 0 saturated carbocycles. The molecule has 11 atom stereocenters. The van der Waals surface area contributed by atoms with Crippen molar-refractivity contribution in [3.8, 4) is 6.07 Å². The van der Waals surface area contributed by atoms with Gasteiger partial charge in [-0.15, -0.1) is 23.4 Å². The smallest absolute Gasteiger partial charge is 0.239 e. The van der Waals surface area contributed by atoms with Crippen LogP contribution >= 0.6 is 23.4 Å². The van der Waals surface area contributed by atoms with Gasteiger partial charge in [-0.25, -0.2) is 0 Å². The number of piperidine rings is 3. The van der Waals surface area contributed by atoms with Gasteiger partial charge in [0, 0.05) is 57.2 Å². The van der Waals surface area contributed by atoms with Crippen molar-refractivity contribution < 1.29 is 14.3 Å². The van der Waals surface area contributed by atoms with Gasteiger partial charge in [0.1, 0.15) is 5.50 Å². The largest absolute Gasteiger partial charge is 0.380 e. The third-order valence-corrected chi connectivity index (χ3v) is 10.6. The molecule has 5 heterocycles. The van der Waals surface area contributed by atoms with E-state index < -0.39 is 0 Å². The van der Waals surface area contributed by atoms with Gasteiger partial charge in [0.15, 0.2) is 0 Å². The predicted molar refractivity (Wildman–Crippen MR) is 143 cm³/mol. The molecule has 0 spiro atoms. The summed E-state index contributed by atoms with van der Waals surface area (Å²) < 4.78 is 5.80. The highest BCUT2D eigenvalue weighted by molar-refractivity contribution is 8.00. The number of amides is 2. The molecular formula is C25H40ClN7O3S. The summed E-state index contributed by atoms with van der Waals surface area (Å²) in [6.45, 7) is 5.44. The molecule has 0 aliphatic carbocycles. The molecular weight excluding hydrogens is 514 g/mol. The number of hydrogen-bond donors (Lipinski definition) is 5. The van der Waals surface area contributed by atoms with Crippen LogP contribution in [0.25, 0.3) is 0 Å². The maximum Gasteiger partial charge on any atom is 0.239 e. The standard InChI is InChI=1S/C25H40ClN7O3S/c1-13-5-15(16-6-22(26)30-10-20(16)36-2)17(9-28-13)23(34)32-25-31-19-11-33(12-21(19)37-25)24(35)18-4-3-14(7-27)8-29-18/h13-22,25,28-31H,3-6,8-12H2,1-2H3,(H,32,34). The molecule has 5 rings (SSSR count). The van der Waals surface area contributed by atoms with Crippen molar-refractivity contribution in [1.82, 2.24) is 31.5 Å². The van der Waals surface area contributed by atoms with E-state index >= 15 is 0 Å². The molecule has 11 unspecified atom stereocenters. The van der Waals surface area contributed by atoms with Crippen molar-refractivity contribution in [2.75, 3.05) is 39.8 Å². The van der Waals surface area contributed by atoms with Gasteiger partial charge in [0.25, 0.3) is 0 Å². The van der Waals surface area contributed by atoms with E-state index in [0.717, 1.165) is 19.3 Å². The summed E-state index contributed by atoms with van der Waals surface area (Å²) in [7, 11) is 1.74. The number of methoxy groups -OCH3 is 1. The lowest BCUT2D eigenvalue weighted by atomic mass is 9.70. The van der Waals surface area contributed by atoms with Gasteiger partial charge in [-0.3, -0.25) is 20.2 Å². The van der Waals surface area contributed by atoms with Gasteiger partial charge < -0.3 is 25.6 Å². The average molecular weight is 554 g/mol. The summed E-state index contributed by atoms with van der Waals surface area (Å²) in [5.74, 6) is 0.487. The van der Waals surface area contributed by atoms with Crippen LogP contribution in [0.1, 0.15) is 32.6 Å². The molecule has 5 saturated heterocycles. The monoisotopic (exact) mass is 553 g/mol. The van der Waals surface area contributed by atoms with E-state index in [1.54, 1.807) is 18.9 Å². The number of carbonyl (C=O) groups excluding carboxylic acids is 2. The van der Waals surface area contributed by atoms with Crippen LogP contribution in [-0.2, 0) is 14.3 Å². The van der Waals surface area contributed by atoms with Gasteiger partial charge in [0.05, 0.1) is 35.6 Å². The SMILES string of the molecule is COC1CNC(Cl)CC1C1CC(C)NCC1C(=O)NC1NC2CN(C(=O)C3CCC(C#N)CN3)CC2S1. The molecule has 10 nitrogen and oxygen atoms in total. The quantitative estimate of drug-likeness (QED) is 0.236. The van der Waals surface area contributed by atoms with Crippen molar-refractivity contribution in [3.05, 3.63) is 0 Å². The number of hydrogen-bond acceptors (Lipinski definition) is 9. The second kappa shape index (κ2) is 11.9. The first-order valence-electron chi connectivity index (χ1n) is 13.6. The number of fused-ring (bicyclic) bond motifs is 1. The van der Waals surface area contributed by atoms with E-state index in [0.29, 0.717) is 45.2 Å².